The molecule has 0 unspecified atom stereocenters. The maximum absolute atomic E-state index is 11.0. The van der Waals surface area contributed by atoms with Gasteiger partial charge >= 0.3 is 11.7 Å². The summed E-state index contributed by atoms with van der Waals surface area (Å²) in [5.74, 6) is -1.65. The molecule has 0 saturated heterocycles. The highest BCUT2D eigenvalue weighted by Gasteiger charge is 2.20. The Kier molecular flexibility index (Phi) is 3.56. The summed E-state index contributed by atoms with van der Waals surface area (Å²) in [5.41, 5.74) is 0.184. The van der Waals surface area contributed by atoms with Gasteiger partial charge in [-0.15, -0.1) is 5.10 Å². The summed E-state index contributed by atoms with van der Waals surface area (Å²) in [5, 5.41) is 27.0. The number of carboxylic acids is 1. The quantitative estimate of drug-likeness (QED) is 0.671. The molecule has 1 aromatic heterocycles. The van der Waals surface area contributed by atoms with E-state index in [4.69, 9.17) is 9.84 Å². The first-order valence-electron chi connectivity index (χ1n) is 5.47. The molecule has 0 amide bonds. The van der Waals surface area contributed by atoms with E-state index >= 15 is 0 Å². The molecule has 8 nitrogen and oxygen atoms in total. The van der Waals surface area contributed by atoms with Crippen LogP contribution in [0.2, 0.25) is 0 Å². The predicted molar refractivity (Wildman–Crippen MR) is 66.9 cm³/mol. The number of nitro groups is 1. The molecule has 0 atom stereocenters. The molecule has 20 heavy (non-hydrogen) atoms. The number of ether oxygens (including phenoxy) is 1. The number of nitrogens with zero attached hydrogens (tertiary/aromatic N) is 3. The van der Waals surface area contributed by atoms with Crippen molar-refractivity contribution in [3.63, 3.8) is 0 Å². The second-order valence-electron chi connectivity index (χ2n) is 3.89. The van der Waals surface area contributed by atoms with Crippen molar-refractivity contribution in [3.8, 4) is 11.6 Å². The van der Waals surface area contributed by atoms with Crippen LogP contribution in [0.5, 0.6) is 11.6 Å². The van der Waals surface area contributed by atoms with E-state index in [9.17, 15) is 14.9 Å². The third kappa shape index (κ3) is 2.69. The van der Waals surface area contributed by atoms with E-state index < -0.39 is 10.9 Å². The number of rotatable bonds is 4. The van der Waals surface area contributed by atoms with E-state index in [2.05, 4.69) is 10.2 Å². The van der Waals surface area contributed by atoms with Gasteiger partial charge in [0.2, 0.25) is 5.75 Å². The number of carbonyl (C=O) groups is 1. The van der Waals surface area contributed by atoms with Crippen molar-refractivity contribution in [2.75, 3.05) is 0 Å². The van der Waals surface area contributed by atoms with E-state index in [-0.39, 0.29) is 22.9 Å². The second kappa shape index (κ2) is 5.31. The molecule has 0 aliphatic heterocycles. The van der Waals surface area contributed by atoms with Crippen LogP contribution in [0.15, 0.2) is 30.5 Å². The molecule has 8 heteroatoms. The van der Waals surface area contributed by atoms with Crippen LogP contribution < -0.4 is 4.74 Å². The third-order valence-corrected chi connectivity index (χ3v) is 2.44. The highest BCUT2D eigenvalue weighted by molar-refractivity contribution is 5.90. The average molecular weight is 275 g/mol. The zero-order valence-corrected chi connectivity index (χ0v) is 10.3. The Bertz CT molecular complexity index is 687. The molecule has 0 spiro atoms. The van der Waals surface area contributed by atoms with Gasteiger partial charge in [-0.3, -0.25) is 10.1 Å². The van der Waals surface area contributed by atoms with Gasteiger partial charge in [0, 0.05) is 6.07 Å². The van der Waals surface area contributed by atoms with E-state index in [1.165, 1.54) is 24.4 Å². The molecule has 2 aromatic rings. The molecule has 102 valence electrons. The minimum absolute atomic E-state index is 0.0939. The second-order valence-corrected chi connectivity index (χ2v) is 3.89. The molecule has 0 aliphatic carbocycles. The van der Waals surface area contributed by atoms with Gasteiger partial charge in [-0.1, -0.05) is 6.07 Å². The summed E-state index contributed by atoms with van der Waals surface area (Å²) in [7, 11) is 0. The maximum Gasteiger partial charge on any atom is 0.341 e. The van der Waals surface area contributed by atoms with Crippen LogP contribution in [-0.4, -0.2) is 26.2 Å². The number of aromatic nitrogens is 2. The smallest absolute Gasteiger partial charge is 0.341 e. The summed E-state index contributed by atoms with van der Waals surface area (Å²) < 4.78 is 5.22. The lowest BCUT2D eigenvalue weighted by atomic mass is 10.2. The van der Waals surface area contributed by atoms with Crippen molar-refractivity contribution in [1.29, 1.82) is 0 Å². The number of carboxylic acid groups (broad SMARTS) is 1. The molecule has 0 saturated carbocycles. The van der Waals surface area contributed by atoms with Crippen LogP contribution in [-0.2, 0) is 0 Å². The molecular formula is C12H9N3O5. The average Bonchev–Trinajstić information content (AvgIpc) is 2.41. The summed E-state index contributed by atoms with van der Waals surface area (Å²) >= 11 is 0. The van der Waals surface area contributed by atoms with Crippen molar-refractivity contribution >= 4 is 11.7 Å². The van der Waals surface area contributed by atoms with Crippen LogP contribution in [0.25, 0.3) is 0 Å². The molecule has 1 aromatic carbocycles. The van der Waals surface area contributed by atoms with Crippen molar-refractivity contribution in [2.24, 2.45) is 0 Å². The predicted octanol–water partition coefficient (Wildman–Crippen LogP) is 2.18. The molecule has 2 rings (SSSR count). The number of nitro benzene ring substituents is 1. The first kappa shape index (κ1) is 13.4. The third-order valence-electron chi connectivity index (χ3n) is 2.44. The van der Waals surface area contributed by atoms with Crippen LogP contribution in [0.3, 0.4) is 0 Å². The topological polar surface area (TPSA) is 115 Å². The van der Waals surface area contributed by atoms with Gasteiger partial charge in [-0.2, -0.15) is 5.10 Å². The summed E-state index contributed by atoms with van der Waals surface area (Å²) in [6.45, 7) is 1.70. The van der Waals surface area contributed by atoms with Crippen molar-refractivity contribution in [2.45, 2.75) is 6.92 Å². The molecular weight excluding hydrogens is 266 g/mol. The van der Waals surface area contributed by atoms with Gasteiger partial charge in [0.05, 0.1) is 11.1 Å². The number of aromatic carboxylic acids is 1. The van der Waals surface area contributed by atoms with Crippen LogP contribution >= 0.6 is 0 Å². The minimum Gasteiger partial charge on any atom is -0.477 e. The fraction of sp³-hybridized carbons (Fsp3) is 0.0833. The van der Waals surface area contributed by atoms with Crippen LogP contribution in [0.4, 0.5) is 5.69 Å². The summed E-state index contributed by atoms with van der Waals surface area (Å²) in [6.07, 6.45) is 1.19. The largest absolute Gasteiger partial charge is 0.477 e. The van der Waals surface area contributed by atoms with Gasteiger partial charge in [-0.25, -0.2) is 4.79 Å². The first-order valence-corrected chi connectivity index (χ1v) is 5.47. The van der Waals surface area contributed by atoms with Crippen molar-refractivity contribution in [1.82, 2.24) is 10.2 Å². The molecule has 0 fully saturated rings. The monoisotopic (exact) mass is 275 g/mol. The highest BCUT2D eigenvalue weighted by Crippen LogP contribution is 2.32. The maximum atomic E-state index is 11.0. The number of aryl methyl sites for hydroxylation is 1. The molecule has 0 aliphatic rings. The van der Waals surface area contributed by atoms with Gasteiger partial charge in [0.25, 0.3) is 5.88 Å². The fourth-order valence-electron chi connectivity index (χ4n) is 1.52. The normalized spacial score (nSPS) is 10.1. The Morgan fingerprint density at radius 1 is 1.40 bits per heavy atom. The molecule has 0 radical (unpaired) electrons. The zero-order valence-electron chi connectivity index (χ0n) is 10.3. The lowest BCUT2D eigenvalue weighted by Gasteiger charge is -2.07. The van der Waals surface area contributed by atoms with E-state index in [1.54, 1.807) is 13.0 Å². The first-order chi connectivity index (χ1) is 9.49. The van der Waals surface area contributed by atoms with Gasteiger partial charge < -0.3 is 9.84 Å². The number of benzene rings is 1. The lowest BCUT2D eigenvalue weighted by molar-refractivity contribution is -0.385. The zero-order chi connectivity index (χ0) is 14.7. The number of hydrogen-bond acceptors (Lipinski definition) is 6. The highest BCUT2D eigenvalue weighted by atomic mass is 16.6. The Balaban J connectivity index is 2.45. The fourth-order valence-corrected chi connectivity index (χ4v) is 1.52. The van der Waals surface area contributed by atoms with E-state index in [0.29, 0.717) is 5.56 Å². The van der Waals surface area contributed by atoms with Crippen LogP contribution in [0.1, 0.15) is 15.9 Å². The Labute approximate surface area is 112 Å². The van der Waals surface area contributed by atoms with E-state index in [1.807, 2.05) is 0 Å². The molecule has 1 heterocycles. The van der Waals surface area contributed by atoms with Gasteiger partial charge in [0.1, 0.15) is 5.56 Å². The number of hydrogen-bond donors (Lipinski definition) is 1. The van der Waals surface area contributed by atoms with Gasteiger partial charge in [-0.05, 0) is 24.6 Å². The molecule has 0 bridgehead atoms. The van der Waals surface area contributed by atoms with E-state index in [0.717, 1.165) is 0 Å². The Morgan fingerprint density at radius 3 is 2.80 bits per heavy atom. The summed E-state index contributed by atoms with van der Waals surface area (Å²) in [6, 6.07) is 5.52. The Hall–Kier alpha value is -3.03. The standard InChI is InChI=1S/C12H9N3O5/c1-7-2-3-10(9(6-7)15(18)19)20-11-8(12(16)17)4-5-13-14-11/h2-6H,1H3,(H,16,17). The SMILES string of the molecule is Cc1ccc(Oc2nnccc2C(=O)O)c([N+](=O)[O-])c1. The van der Waals surface area contributed by atoms with Crippen LogP contribution in [0, 0.1) is 17.0 Å². The van der Waals surface area contributed by atoms with Crippen molar-refractivity contribution in [3.05, 3.63) is 51.7 Å². The Morgan fingerprint density at radius 2 is 2.15 bits per heavy atom. The lowest BCUT2D eigenvalue weighted by Crippen LogP contribution is -2.04. The van der Waals surface area contributed by atoms with Gasteiger partial charge in [0.15, 0.2) is 0 Å². The molecule has 1 N–H and O–H groups in total. The minimum atomic E-state index is -1.26. The van der Waals surface area contributed by atoms with Crippen molar-refractivity contribution < 1.29 is 19.6 Å². The summed E-state index contributed by atoms with van der Waals surface area (Å²) in [4.78, 5) is 21.3.